The summed E-state index contributed by atoms with van der Waals surface area (Å²) in [5, 5.41) is 18.7. The quantitative estimate of drug-likeness (QED) is 0.663. The van der Waals surface area contributed by atoms with Gasteiger partial charge in [0.2, 0.25) is 11.7 Å². The Morgan fingerprint density at radius 1 is 1.43 bits per heavy atom. The van der Waals surface area contributed by atoms with Gasteiger partial charge in [-0.15, -0.1) is 21.5 Å². The van der Waals surface area contributed by atoms with E-state index in [-0.39, 0.29) is 12.3 Å². The molecule has 0 saturated carbocycles. The SMILES string of the molecule is Nc1nc(CC(=O)Nc2cccc(-c3nn[nH]n3)c2)cs1. The van der Waals surface area contributed by atoms with E-state index in [1.54, 1.807) is 17.5 Å². The molecule has 106 valence electrons. The Morgan fingerprint density at radius 2 is 2.33 bits per heavy atom. The van der Waals surface area contributed by atoms with Crippen molar-refractivity contribution in [1.82, 2.24) is 25.6 Å². The average molecular weight is 301 g/mol. The molecule has 9 heteroatoms. The zero-order chi connectivity index (χ0) is 14.7. The maximum absolute atomic E-state index is 12.0. The summed E-state index contributed by atoms with van der Waals surface area (Å²) in [5.41, 5.74) is 7.61. The molecule has 1 aromatic carbocycles. The lowest BCUT2D eigenvalue weighted by molar-refractivity contribution is -0.115. The van der Waals surface area contributed by atoms with Crippen LogP contribution in [0.5, 0.6) is 0 Å². The van der Waals surface area contributed by atoms with Gasteiger partial charge >= 0.3 is 0 Å². The molecule has 3 aromatic rings. The number of aromatic nitrogens is 5. The van der Waals surface area contributed by atoms with E-state index < -0.39 is 0 Å². The first kappa shape index (κ1) is 13.2. The molecule has 0 aliphatic carbocycles. The third-order valence-electron chi connectivity index (χ3n) is 2.66. The number of nitrogens with zero attached hydrogens (tertiary/aromatic N) is 4. The fourth-order valence-electron chi connectivity index (χ4n) is 1.79. The number of nitrogens with two attached hydrogens (primary N) is 1. The number of aromatic amines is 1. The number of H-pyrrole nitrogens is 1. The first-order valence-electron chi connectivity index (χ1n) is 6.04. The molecule has 21 heavy (non-hydrogen) atoms. The predicted molar refractivity (Wildman–Crippen MR) is 78.5 cm³/mol. The molecule has 0 atom stereocenters. The third kappa shape index (κ3) is 3.20. The summed E-state index contributed by atoms with van der Waals surface area (Å²) in [5.74, 6) is 0.309. The molecule has 1 amide bonds. The number of anilines is 2. The molecular formula is C12H11N7OS. The molecular weight excluding hydrogens is 290 g/mol. The highest BCUT2D eigenvalue weighted by molar-refractivity contribution is 7.13. The summed E-state index contributed by atoms with van der Waals surface area (Å²) >= 11 is 1.31. The number of thiazole rings is 1. The molecule has 0 saturated heterocycles. The predicted octanol–water partition coefficient (Wildman–Crippen LogP) is 1.09. The molecule has 0 aliphatic rings. The van der Waals surface area contributed by atoms with Crippen LogP contribution >= 0.6 is 11.3 Å². The van der Waals surface area contributed by atoms with Crippen LogP contribution in [0.15, 0.2) is 29.6 Å². The van der Waals surface area contributed by atoms with Crippen LogP contribution in [0.1, 0.15) is 5.69 Å². The van der Waals surface area contributed by atoms with Crippen molar-refractivity contribution < 1.29 is 4.79 Å². The summed E-state index contributed by atoms with van der Waals surface area (Å²) in [4.78, 5) is 16.0. The number of hydrogen-bond acceptors (Lipinski definition) is 7. The Bertz CT molecular complexity index is 753. The Balaban J connectivity index is 1.70. The normalized spacial score (nSPS) is 10.5. The second-order valence-corrected chi connectivity index (χ2v) is 5.11. The molecule has 3 rings (SSSR count). The molecule has 2 aromatic heterocycles. The largest absolute Gasteiger partial charge is 0.375 e. The molecule has 0 spiro atoms. The van der Waals surface area contributed by atoms with Crippen molar-refractivity contribution in [2.45, 2.75) is 6.42 Å². The van der Waals surface area contributed by atoms with Gasteiger partial charge in [0.25, 0.3) is 0 Å². The first-order chi connectivity index (χ1) is 10.2. The van der Waals surface area contributed by atoms with Crippen molar-refractivity contribution in [3.63, 3.8) is 0 Å². The monoisotopic (exact) mass is 301 g/mol. The number of tetrazole rings is 1. The van der Waals surface area contributed by atoms with Crippen LogP contribution < -0.4 is 11.1 Å². The standard InChI is InChI=1S/C12H11N7OS/c13-12-15-9(6-21-12)5-10(20)14-8-3-1-2-7(4-8)11-16-18-19-17-11/h1-4,6H,5H2,(H2,13,15)(H,14,20)(H,16,17,18,19). The Hall–Kier alpha value is -2.81. The Kier molecular flexibility index (Phi) is 3.56. The fraction of sp³-hybridized carbons (Fsp3) is 0.0833. The van der Waals surface area contributed by atoms with Crippen molar-refractivity contribution in [2.75, 3.05) is 11.1 Å². The molecule has 0 radical (unpaired) electrons. The van der Waals surface area contributed by atoms with Crippen LogP contribution in [0.25, 0.3) is 11.4 Å². The van der Waals surface area contributed by atoms with Crippen molar-refractivity contribution in [3.05, 3.63) is 35.3 Å². The van der Waals surface area contributed by atoms with E-state index in [9.17, 15) is 4.79 Å². The van der Waals surface area contributed by atoms with Gasteiger partial charge in [-0.3, -0.25) is 4.79 Å². The minimum atomic E-state index is -0.162. The minimum Gasteiger partial charge on any atom is -0.375 e. The van der Waals surface area contributed by atoms with Crippen LogP contribution in [-0.4, -0.2) is 31.5 Å². The summed E-state index contributed by atoms with van der Waals surface area (Å²) in [6.45, 7) is 0. The maximum Gasteiger partial charge on any atom is 0.230 e. The lowest BCUT2D eigenvalue weighted by Gasteiger charge is -2.05. The van der Waals surface area contributed by atoms with Gasteiger partial charge in [0.05, 0.1) is 12.1 Å². The molecule has 0 bridgehead atoms. The Morgan fingerprint density at radius 3 is 3.05 bits per heavy atom. The van der Waals surface area contributed by atoms with E-state index in [2.05, 4.69) is 30.9 Å². The number of hydrogen-bond donors (Lipinski definition) is 3. The number of amides is 1. The molecule has 0 unspecified atom stereocenters. The van der Waals surface area contributed by atoms with Crippen molar-refractivity contribution in [1.29, 1.82) is 0 Å². The molecule has 2 heterocycles. The summed E-state index contributed by atoms with van der Waals surface area (Å²) in [6.07, 6.45) is 0.181. The number of nitrogens with one attached hydrogen (secondary N) is 2. The number of carbonyl (C=O) groups is 1. The summed E-state index contributed by atoms with van der Waals surface area (Å²) in [6, 6.07) is 7.21. The molecule has 0 fully saturated rings. The van der Waals surface area contributed by atoms with E-state index in [0.29, 0.717) is 22.3 Å². The van der Waals surface area contributed by atoms with Crippen molar-refractivity contribution >= 4 is 28.1 Å². The van der Waals surface area contributed by atoms with Crippen LogP contribution in [0.2, 0.25) is 0 Å². The zero-order valence-corrected chi connectivity index (χ0v) is 11.6. The van der Waals surface area contributed by atoms with Gasteiger partial charge in [0.15, 0.2) is 5.13 Å². The number of rotatable bonds is 4. The zero-order valence-electron chi connectivity index (χ0n) is 10.8. The van der Waals surface area contributed by atoms with Gasteiger partial charge in [-0.1, -0.05) is 12.1 Å². The van der Waals surface area contributed by atoms with E-state index in [1.807, 2.05) is 12.1 Å². The number of nitrogen functional groups attached to an aromatic ring is 1. The molecule has 4 N–H and O–H groups in total. The average Bonchev–Trinajstić information content (AvgIpc) is 3.11. The van der Waals surface area contributed by atoms with E-state index in [1.165, 1.54) is 11.3 Å². The fourth-order valence-corrected chi connectivity index (χ4v) is 2.36. The summed E-state index contributed by atoms with van der Waals surface area (Å²) < 4.78 is 0. The topological polar surface area (TPSA) is 122 Å². The highest BCUT2D eigenvalue weighted by Crippen LogP contribution is 2.18. The number of carbonyl (C=O) groups excluding carboxylic acids is 1. The number of benzene rings is 1. The van der Waals surface area contributed by atoms with Crippen molar-refractivity contribution in [3.8, 4) is 11.4 Å². The highest BCUT2D eigenvalue weighted by atomic mass is 32.1. The molecule has 8 nitrogen and oxygen atoms in total. The second kappa shape index (κ2) is 5.67. The van der Waals surface area contributed by atoms with Gasteiger partial charge in [0, 0.05) is 16.6 Å². The Labute approximate surface area is 123 Å². The highest BCUT2D eigenvalue weighted by Gasteiger charge is 2.09. The second-order valence-electron chi connectivity index (χ2n) is 4.22. The smallest absolute Gasteiger partial charge is 0.230 e. The lowest BCUT2D eigenvalue weighted by Crippen LogP contribution is -2.14. The van der Waals surface area contributed by atoms with Crippen LogP contribution in [0, 0.1) is 0 Å². The van der Waals surface area contributed by atoms with Crippen molar-refractivity contribution in [2.24, 2.45) is 0 Å². The third-order valence-corrected chi connectivity index (χ3v) is 3.38. The van der Waals surface area contributed by atoms with Crippen LogP contribution in [0.4, 0.5) is 10.8 Å². The van der Waals surface area contributed by atoms with Gasteiger partial charge in [-0.2, -0.15) is 5.21 Å². The summed E-state index contributed by atoms with van der Waals surface area (Å²) in [7, 11) is 0. The van der Waals surface area contributed by atoms with Gasteiger partial charge in [-0.25, -0.2) is 4.98 Å². The van der Waals surface area contributed by atoms with Crippen LogP contribution in [0.3, 0.4) is 0 Å². The van der Waals surface area contributed by atoms with Gasteiger partial charge in [0.1, 0.15) is 0 Å². The minimum absolute atomic E-state index is 0.162. The maximum atomic E-state index is 12.0. The van der Waals surface area contributed by atoms with E-state index in [0.717, 1.165) is 5.56 Å². The lowest BCUT2D eigenvalue weighted by atomic mass is 10.2. The van der Waals surface area contributed by atoms with E-state index >= 15 is 0 Å². The van der Waals surface area contributed by atoms with E-state index in [4.69, 9.17) is 5.73 Å². The van der Waals surface area contributed by atoms with Crippen LogP contribution in [-0.2, 0) is 11.2 Å². The van der Waals surface area contributed by atoms with Gasteiger partial charge in [-0.05, 0) is 17.3 Å². The molecule has 0 aliphatic heterocycles. The first-order valence-corrected chi connectivity index (χ1v) is 6.92. The van der Waals surface area contributed by atoms with Gasteiger partial charge < -0.3 is 11.1 Å².